The number of hydrogen-bond acceptors (Lipinski definition) is 4. The molecule has 0 N–H and O–H groups in total. The molecule has 5 aromatic rings. The van der Waals surface area contributed by atoms with Crippen molar-refractivity contribution >= 4 is 23.0 Å². The quantitative estimate of drug-likeness (QED) is 0.338. The van der Waals surface area contributed by atoms with Gasteiger partial charge in [-0.25, -0.2) is 4.68 Å². The summed E-state index contributed by atoms with van der Waals surface area (Å²) in [5, 5.41) is 5.78. The van der Waals surface area contributed by atoms with Crippen LogP contribution in [0.3, 0.4) is 0 Å². The molecular weight excluding hydrogens is 412 g/mol. The van der Waals surface area contributed by atoms with Crippen molar-refractivity contribution in [3.63, 3.8) is 0 Å². The smallest absolute Gasteiger partial charge is 0.246 e. The minimum Gasteiger partial charge on any atom is -0.454 e. The number of benzene rings is 2. The fourth-order valence-corrected chi connectivity index (χ4v) is 3.61. The second-order valence-electron chi connectivity index (χ2n) is 7.71. The monoisotopic (exact) mass is 434 g/mol. The number of para-hydroxylation sites is 2. The Balaban J connectivity index is 1.47. The number of rotatable bonds is 6. The number of hydrogen-bond donors (Lipinski definition) is 0. The molecule has 0 aliphatic heterocycles. The molecule has 5 rings (SSSR count). The third-order valence-corrected chi connectivity index (χ3v) is 5.33. The molecule has 162 valence electrons. The normalized spacial score (nSPS) is 11.3. The van der Waals surface area contributed by atoms with Crippen LogP contribution in [0, 0.1) is 0 Å². The summed E-state index contributed by atoms with van der Waals surface area (Å²) in [6.07, 6.45) is 6.97. The highest BCUT2D eigenvalue weighted by atomic mass is 16.3. The summed E-state index contributed by atoms with van der Waals surface area (Å²) in [6.45, 7) is 0.434. The Hall–Kier alpha value is -4.45. The highest BCUT2D eigenvalue weighted by Crippen LogP contribution is 2.30. The van der Waals surface area contributed by atoms with E-state index in [0.717, 1.165) is 27.9 Å². The summed E-state index contributed by atoms with van der Waals surface area (Å²) in [7, 11) is 1.76. The largest absolute Gasteiger partial charge is 0.454 e. The first kappa shape index (κ1) is 20.5. The van der Waals surface area contributed by atoms with Gasteiger partial charge in [0.15, 0.2) is 5.76 Å². The van der Waals surface area contributed by atoms with Crippen LogP contribution in [0.1, 0.15) is 11.3 Å². The van der Waals surface area contributed by atoms with E-state index >= 15 is 0 Å². The lowest BCUT2D eigenvalue weighted by Gasteiger charge is -2.14. The fraction of sp³-hybridized carbons (Fsp3) is 0.0741. The molecule has 3 heterocycles. The van der Waals surface area contributed by atoms with Crippen LogP contribution >= 0.6 is 0 Å². The zero-order valence-corrected chi connectivity index (χ0v) is 18.1. The topological polar surface area (TPSA) is 64.2 Å². The average Bonchev–Trinajstić information content (AvgIpc) is 3.48. The Morgan fingerprint density at radius 1 is 1.03 bits per heavy atom. The van der Waals surface area contributed by atoms with Crippen molar-refractivity contribution in [2.24, 2.45) is 0 Å². The van der Waals surface area contributed by atoms with Crippen LogP contribution in [0.25, 0.3) is 34.2 Å². The van der Waals surface area contributed by atoms with Crippen molar-refractivity contribution in [3.8, 4) is 17.1 Å². The molecule has 1 amide bonds. The second kappa shape index (κ2) is 8.96. The molecule has 33 heavy (non-hydrogen) atoms. The van der Waals surface area contributed by atoms with Crippen molar-refractivity contribution < 1.29 is 9.21 Å². The minimum atomic E-state index is -0.122. The molecule has 6 nitrogen and oxygen atoms in total. The molecular formula is C27H22N4O2. The summed E-state index contributed by atoms with van der Waals surface area (Å²) in [4.78, 5) is 18.7. The molecule has 0 saturated heterocycles. The van der Waals surface area contributed by atoms with E-state index in [0.29, 0.717) is 18.0 Å². The third kappa shape index (κ3) is 4.45. The van der Waals surface area contributed by atoms with Gasteiger partial charge in [-0.1, -0.05) is 42.5 Å². The molecule has 0 aliphatic rings. The Morgan fingerprint density at radius 3 is 2.61 bits per heavy atom. The molecule has 0 bridgehead atoms. The van der Waals surface area contributed by atoms with Gasteiger partial charge >= 0.3 is 0 Å². The number of likely N-dealkylation sites (N-methyl/N-ethyl adjacent to an activating group) is 1. The fourth-order valence-electron chi connectivity index (χ4n) is 3.61. The first-order valence-corrected chi connectivity index (χ1v) is 10.6. The molecule has 6 heteroatoms. The lowest BCUT2D eigenvalue weighted by Crippen LogP contribution is -2.24. The maximum atomic E-state index is 12.7. The second-order valence-corrected chi connectivity index (χ2v) is 7.71. The maximum absolute atomic E-state index is 12.7. The summed E-state index contributed by atoms with van der Waals surface area (Å²) >= 11 is 0. The number of amides is 1. The van der Waals surface area contributed by atoms with E-state index in [2.05, 4.69) is 4.98 Å². The zero-order valence-electron chi connectivity index (χ0n) is 18.1. The zero-order chi connectivity index (χ0) is 22.6. The summed E-state index contributed by atoms with van der Waals surface area (Å²) < 4.78 is 7.86. The predicted molar refractivity (Wildman–Crippen MR) is 129 cm³/mol. The Bertz CT molecular complexity index is 1390. The number of nitrogens with zero attached hydrogens (tertiary/aromatic N) is 4. The van der Waals surface area contributed by atoms with E-state index < -0.39 is 0 Å². The van der Waals surface area contributed by atoms with Crippen LogP contribution in [-0.2, 0) is 11.3 Å². The average molecular weight is 434 g/mol. The molecule has 0 unspecified atom stereocenters. The van der Waals surface area contributed by atoms with E-state index in [1.54, 1.807) is 35.0 Å². The summed E-state index contributed by atoms with van der Waals surface area (Å²) in [5.74, 6) is 0.531. The van der Waals surface area contributed by atoms with Gasteiger partial charge < -0.3 is 9.32 Å². The standard InChI is InChI=1S/C27H22N4O2/c1-30(19-22-10-7-8-16-28-22)26(32)15-14-21-18-31(23-11-3-2-4-12-23)29-27(21)25-17-20-9-5-6-13-24(20)33-25/h2-18H,19H2,1H3/b15-14+. The highest BCUT2D eigenvalue weighted by Gasteiger charge is 2.16. The van der Waals surface area contributed by atoms with Crippen LogP contribution < -0.4 is 0 Å². The van der Waals surface area contributed by atoms with E-state index in [1.807, 2.05) is 85.1 Å². The van der Waals surface area contributed by atoms with Crippen LogP contribution in [0.4, 0.5) is 0 Å². The third-order valence-electron chi connectivity index (χ3n) is 5.33. The van der Waals surface area contributed by atoms with E-state index in [-0.39, 0.29) is 5.91 Å². The SMILES string of the molecule is CN(Cc1ccccn1)C(=O)/C=C/c1cn(-c2ccccc2)nc1-c1cc2ccccc2o1. The summed E-state index contributed by atoms with van der Waals surface area (Å²) in [6, 6.07) is 25.3. The first-order valence-electron chi connectivity index (χ1n) is 10.6. The van der Waals surface area contributed by atoms with Gasteiger partial charge in [-0.15, -0.1) is 0 Å². The minimum absolute atomic E-state index is 0.122. The molecule has 3 aromatic heterocycles. The molecule has 0 radical (unpaired) electrons. The van der Waals surface area contributed by atoms with Gasteiger partial charge in [0, 0.05) is 36.5 Å². The van der Waals surface area contributed by atoms with E-state index in [4.69, 9.17) is 9.52 Å². The highest BCUT2D eigenvalue weighted by molar-refractivity contribution is 5.93. The van der Waals surface area contributed by atoms with Crippen LogP contribution in [0.2, 0.25) is 0 Å². The predicted octanol–water partition coefficient (Wildman–Crippen LogP) is 5.35. The molecule has 0 saturated carbocycles. The van der Waals surface area contributed by atoms with Gasteiger partial charge in [-0.3, -0.25) is 9.78 Å². The van der Waals surface area contributed by atoms with Crippen LogP contribution in [0.5, 0.6) is 0 Å². The molecule has 0 spiro atoms. The van der Waals surface area contributed by atoms with Gasteiger partial charge in [0.25, 0.3) is 0 Å². The number of aromatic nitrogens is 3. The van der Waals surface area contributed by atoms with Gasteiger partial charge in [0.1, 0.15) is 11.3 Å². The first-order chi connectivity index (χ1) is 16.2. The van der Waals surface area contributed by atoms with E-state index in [1.165, 1.54) is 0 Å². The lowest BCUT2D eigenvalue weighted by molar-refractivity contribution is -0.125. The lowest BCUT2D eigenvalue weighted by atomic mass is 10.1. The Morgan fingerprint density at radius 2 is 1.82 bits per heavy atom. The van der Waals surface area contributed by atoms with Crippen molar-refractivity contribution in [2.45, 2.75) is 6.54 Å². The molecule has 0 aliphatic carbocycles. The number of carbonyl (C=O) groups excluding carboxylic acids is 1. The van der Waals surface area contributed by atoms with E-state index in [9.17, 15) is 4.79 Å². The van der Waals surface area contributed by atoms with Crippen molar-refractivity contribution in [2.75, 3.05) is 7.05 Å². The van der Waals surface area contributed by atoms with Crippen LogP contribution in [-0.4, -0.2) is 32.6 Å². The van der Waals surface area contributed by atoms with Gasteiger partial charge in [-0.2, -0.15) is 5.10 Å². The molecule has 2 aromatic carbocycles. The molecule has 0 fully saturated rings. The van der Waals surface area contributed by atoms with Gasteiger partial charge in [0.05, 0.1) is 17.9 Å². The van der Waals surface area contributed by atoms with Gasteiger partial charge in [0.2, 0.25) is 5.91 Å². The van der Waals surface area contributed by atoms with Crippen molar-refractivity contribution in [1.82, 2.24) is 19.7 Å². The molecule has 0 atom stereocenters. The maximum Gasteiger partial charge on any atom is 0.246 e. The summed E-state index contributed by atoms with van der Waals surface area (Å²) in [5.41, 5.74) is 4.02. The number of fused-ring (bicyclic) bond motifs is 1. The van der Waals surface area contributed by atoms with Crippen molar-refractivity contribution in [1.29, 1.82) is 0 Å². The van der Waals surface area contributed by atoms with Crippen LogP contribution in [0.15, 0.2) is 102 Å². The van der Waals surface area contributed by atoms with Crippen molar-refractivity contribution in [3.05, 3.63) is 109 Å². The number of carbonyl (C=O) groups is 1. The van der Waals surface area contributed by atoms with Gasteiger partial charge in [-0.05, 0) is 42.5 Å². The number of pyridine rings is 1. The number of furan rings is 1. The Labute approximate surface area is 191 Å². The Kier molecular flexibility index (Phi) is 5.55.